The average molecular weight is 519 g/mol. The van der Waals surface area contributed by atoms with Crippen LogP contribution in [0.2, 0.25) is 5.02 Å². The van der Waals surface area contributed by atoms with Crippen molar-refractivity contribution in [2.24, 2.45) is 0 Å². The molecule has 0 unspecified atom stereocenters. The van der Waals surface area contributed by atoms with Crippen LogP contribution in [-0.4, -0.2) is 41.1 Å². The highest BCUT2D eigenvalue weighted by molar-refractivity contribution is 7.20. The van der Waals surface area contributed by atoms with Gasteiger partial charge in [0.05, 0.1) is 17.0 Å². The Bertz CT molecular complexity index is 1350. The standard InChI is InChI=1S/C29H31ClN4OS/c1-19(29-28(30)25-6-4-5-7-27(25)36-29)34(24-11-9-23(31-2)10-12-24)17-21-14-20(8-13-26(21)35-3)22-15-32-18-33-16-22/h4-8,13-16,18,23-24,31H,1,9-12,17H2,2-3H3. The molecule has 1 fully saturated rings. The minimum atomic E-state index is 0.372. The Hall–Kier alpha value is -2.93. The first-order chi connectivity index (χ1) is 17.6. The molecule has 0 atom stereocenters. The molecule has 7 heteroatoms. The number of methoxy groups -OCH3 is 1. The Morgan fingerprint density at radius 2 is 1.86 bits per heavy atom. The molecule has 2 aromatic carbocycles. The van der Waals surface area contributed by atoms with Crippen molar-refractivity contribution in [2.75, 3.05) is 14.2 Å². The number of nitrogens with one attached hydrogen (secondary N) is 1. The fourth-order valence-electron chi connectivity index (χ4n) is 5.16. The molecule has 0 amide bonds. The van der Waals surface area contributed by atoms with Gasteiger partial charge >= 0.3 is 0 Å². The largest absolute Gasteiger partial charge is 0.496 e. The van der Waals surface area contributed by atoms with Crippen molar-refractivity contribution in [3.8, 4) is 16.9 Å². The molecular formula is C29H31ClN4OS. The van der Waals surface area contributed by atoms with Crippen LogP contribution in [0.5, 0.6) is 5.75 Å². The molecule has 0 radical (unpaired) electrons. The summed E-state index contributed by atoms with van der Waals surface area (Å²) in [6.45, 7) is 5.29. The van der Waals surface area contributed by atoms with Gasteiger partial charge in [0.1, 0.15) is 12.1 Å². The maximum Gasteiger partial charge on any atom is 0.123 e. The zero-order chi connectivity index (χ0) is 25.1. The van der Waals surface area contributed by atoms with E-state index < -0.39 is 0 Å². The lowest BCUT2D eigenvalue weighted by molar-refractivity contribution is 0.203. The molecule has 0 spiro atoms. The summed E-state index contributed by atoms with van der Waals surface area (Å²) in [4.78, 5) is 11.9. The second-order valence-corrected chi connectivity index (χ2v) is 10.7. The minimum absolute atomic E-state index is 0.372. The molecule has 0 aliphatic heterocycles. The molecule has 4 aromatic rings. The van der Waals surface area contributed by atoms with Crippen molar-refractivity contribution < 1.29 is 4.74 Å². The van der Waals surface area contributed by atoms with Crippen LogP contribution >= 0.6 is 22.9 Å². The molecule has 1 aliphatic rings. The first-order valence-electron chi connectivity index (χ1n) is 12.3. The second kappa shape index (κ2) is 11.0. The molecule has 5 rings (SSSR count). The van der Waals surface area contributed by atoms with Crippen LogP contribution < -0.4 is 10.1 Å². The first-order valence-corrected chi connectivity index (χ1v) is 13.5. The van der Waals surface area contributed by atoms with E-state index in [-0.39, 0.29) is 0 Å². The van der Waals surface area contributed by atoms with Crippen molar-refractivity contribution in [1.29, 1.82) is 0 Å². The quantitative estimate of drug-likeness (QED) is 0.271. The van der Waals surface area contributed by atoms with E-state index in [1.54, 1.807) is 24.8 Å². The summed E-state index contributed by atoms with van der Waals surface area (Å²) < 4.78 is 6.98. The zero-order valence-corrected chi connectivity index (χ0v) is 22.3. The van der Waals surface area contributed by atoms with Gasteiger partial charge in [-0.05, 0) is 56.5 Å². The van der Waals surface area contributed by atoms with Crippen molar-refractivity contribution in [2.45, 2.75) is 44.3 Å². The maximum atomic E-state index is 6.92. The van der Waals surface area contributed by atoms with E-state index in [1.807, 2.05) is 24.5 Å². The third-order valence-electron chi connectivity index (χ3n) is 7.20. The lowest BCUT2D eigenvalue weighted by Crippen LogP contribution is -2.40. The Morgan fingerprint density at radius 1 is 1.11 bits per heavy atom. The Morgan fingerprint density at radius 3 is 2.56 bits per heavy atom. The van der Waals surface area contributed by atoms with E-state index in [0.29, 0.717) is 18.6 Å². The van der Waals surface area contributed by atoms with Crippen LogP contribution in [0.25, 0.3) is 26.9 Å². The predicted octanol–water partition coefficient (Wildman–Crippen LogP) is 7.02. The number of halogens is 1. The smallest absolute Gasteiger partial charge is 0.123 e. The molecule has 1 N–H and O–H groups in total. The molecule has 2 aromatic heterocycles. The van der Waals surface area contributed by atoms with Gasteiger partial charge in [-0.25, -0.2) is 9.97 Å². The molecule has 186 valence electrons. The topological polar surface area (TPSA) is 50.3 Å². The SMILES string of the molecule is C=C(c1sc2ccccc2c1Cl)N(Cc1cc(-c2cncnc2)ccc1OC)C1CCC(NC)CC1. The van der Waals surface area contributed by atoms with Crippen molar-refractivity contribution in [3.63, 3.8) is 0 Å². The summed E-state index contributed by atoms with van der Waals surface area (Å²) in [6, 6.07) is 15.5. The normalized spacial score (nSPS) is 17.8. The van der Waals surface area contributed by atoms with E-state index in [9.17, 15) is 0 Å². The van der Waals surface area contributed by atoms with Gasteiger partial charge in [-0.1, -0.05) is 42.4 Å². The molecule has 2 heterocycles. The summed E-state index contributed by atoms with van der Waals surface area (Å²) >= 11 is 8.64. The summed E-state index contributed by atoms with van der Waals surface area (Å²) in [5.41, 5.74) is 4.13. The van der Waals surface area contributed by atoms with Gasteiger partial charge in [0, 0.05) is 57.9 Å². The molecule has 1 saturated carbocycles. The number of benzene rings is 2. The summed E-state index contributed by atoms with van der Waals surface area (Å²) in [5.74, 6) is 0.861. The molecular weight excluding hydrogens is 488 g/mol. The molecule has 5 nitrogen and oxygen atoms in total. The van der Waals surface area contributed by atoms with E-state index in [4.69, 9.17) is 16.3 Å². The van der Waals surface area contributed by atoms with Crippen LogP contribution in [-0.2, 0) is 6.54 Å². The second-order valence-electron chi connectivity index (χ2n) is 9.26. The Labute approximate surface area is 221 Å². The number of rotatable bonds is 8. The first kappa shape index (κ1) is 24.8. The van der Waals surface area contributed by atoms with Crippen molar-refractivity contribution in [1.82, 2.24) is 20.2 Å². The van der Waals surface area contributed by atoms with E-state index in [1.165, 1.54) is 4.70 Å². The summed E-state index contributed by atoms with van der Waals surface area (Å²) in [7, 11) is 3.78. The summed E-state index contributed by atoms with van der Waals surface area (Å²) in [6.07, 6.45) is 9.71. The molecule has 0 saturated heterocycles. The number of nitrogens with zero attached hydrogens (tertiary/aromatic N) is 3. The molecule has 36 heavy (non-hydrogen) atoms. The maximum absolute atomic E-state index is 6.92. The van der Waals surface area contributed by atoms with Gasteiger partial charge in [-0.15, -0.1) is 11.3 Å². The van der Waals surface area contributed by atoms with Crippen LogP contribution in [0.15, 0.2) is 67.8 Å². The predicted molar refractivity (Wildman–Crippen MR) is 151 cm³/mol. The average Bonchev–Trinajstić information content (AvgIpc) is 3.28. The Kier molecular flexibility index (Phi) is 7.56. The monoisotopic (exact) mass is 518 g/mol. The van der Waals surface area contributed by atoms with Gasteiger partial charge < -0.3 is 15.0 Å². The molecule has 1 aliphatic carbocycles. The van der Waals surface area contributed by atoms with E-state index >= 15 is 0 Å². The van der Waals surface area contributed by atoms with Crippen molar-refractivity contribution >= 4 is 38.7 Å². The highest BCUT2D eigenvalue weighted by Crippen LogP contribution is 2.42. The van der Waals surface area contributed by atoms with E-state index in [2.05, 4.69) is 64.1 Å². The van der Waals surface area contributed by atoms with Crippen LogP contribution in [0.1, 0.15) is 36.1 Å². The minimum Gasteiger partial charge on any atom is -0.496 e. The fourth-order valence-corrected chi connectivity index (χ4v) is 6.69. The third-order valence-corrected chi connectivity index (χ3v) is 8.93. The zero-order valence-electron chi connectivity index (χ0n) is 20.7. The Balaban J connectivity index is 1.53. The number of aromatic nitrogens is 2. The van der Waals surface area contributed by atoms with Gasteiger partial charge in [0.15, 0.2) is 0 Å². The van der Waals surface area contributed by atoms with Gasteiger partial charge in [0.25, 0.3) is 0 Å². The highest BCUT2D eigenvalue weighted by Gasteiger charge is 2.29. The lowest BCUT2D eigenvalue weighted by Gasteiger charge is -2.39. The highest BCUT2D eigenvalue weighted by atomic mass is 35.5. The number of hydrogen-bond acceptors (Lipinski definition) is 6. The summed E-state index contributed by atoms with van der Waals surface area (Å²) in [5, 5.41) is 5.33. The van der Waals surface area contributed by atoms with Gasteiger partial charge in [-0.3, -0.25) is 0 Å². The van der Waals surface area contributed by atoms with Gasteiger partial charge in [0.2, 0.25) is 0 Å². The van der Waals surface area contributed by atoms with Crippen LogP contribution in [0, 0.1) is 0 Å². The number of hydrogen-bond donors (Lipinski definition) is 1. The number of ether oxygens (including phenoxy) is 1. The van der Waals surface area contributed by atoms with Gasteiger partial charge in [-0.2, -0.15) is 0 Å². The fraction of sp³-hybridized carbons (Fsp3) is 0.310. The van der Waals surface area contributed by atoms with E-state index in [0.717, 1.165) is 69.1 Å². The van der Waals surface area contributed by atoms with Crippen molar-refractivity contribution in [3.05, 3.63) is 83.2 Å². The molecule has 0 bridgehead atoms. The van der Waals surface area contributed by atoms with Crippen LogP contribution in [0.3, 0.4) is 0 Å². The van der Waals surface area contributed by atoms with Crippen LogP contribution in [0.4, 0.5) is 0 Å². The third kappa shape index (κ3) is 4.99. The number of fused-ring (bicyclic) bond motifs is 1. The lowest BCUT2D eigenvalue weighted by atomic mass is 9.89. The number of thiophene rings is 1.